The molecule has 4 rings (SSSR count). The average molecular weight is 452 g/mol. The van der Waals surface area contributed by atoms with Gasteiger partial charge in [-0.05, 0) is 53.8 Å². The molecule has 170 valence electrons. The van der Waals surface area contributed by atoms with Gasteiger partial charge in [0.25, 0.3) is 0 Å². The van der Waals surface area contributed by atoms with E-state index in [9.17, 15) is 17.6 Å². The summed E-state index contributed by atoms with van der Waals surface area (Å²) in [4.78, 5) is 4.36. The number of alkyl halides is 3. The molecule has 1 aromatic heterocycles. The van der Waals surface area contributed by atoms with Crippen LogP contribution in [0.1, 0.15) is 43.7 Å². The van der Waals surface area contributed by atoms with Gasteiger partial charge in [0.1, 0.15) is 5.82 Å². The van der Waals surface area contributed by atoms with E-state index >= 15 is 0 Å². The molecule has 4 aromatic rings. The summed E-state index contributed by atoms with van der Waals surface area (Å²) in [6.45, 7) is 2.16. The van der Waals surface area contributed by atoms with E-state index in [4.69, 9.17) is 0 Å². The van der Waals surface area contributed by atoms with Crippen LogP contribution in [0.15, 0.2) is 72.9 Å². The second-order valence-electron chi connectivity index (χ2n) is 8.26. The second kappa shape index (κ2) is 9.74. The first-order valence-electron chi connectivity index (χ1n) is 11.2. The SMILES string of the molecule is CCCCCCc1ccc(-c2cc(-c3nccc4c(F)cccc34)ccc2C(F)(F)F)cc1. The van der Waals surface area contributed by atoms with Gasteiger partial charge in [0.15, 0.2) is 0 Å². The van der Waals surface area contributed by atoms with Crippen LogP contribution in [0.25, 0.3) is 33.2 Å². The second-order valence-corrected chi connectivity index (χ2v) is 8.26. The highest BCUT2D eigenvalue weighted by Crippen LogP contribution is 2.40. The first-order chi connectivity index (χ1) is 15.9. The quantitative estimate of drug-likeness (QED) is 0.202. The smallest absolute Gasteiger partial charge is 0.256 e. The number of pyridine rings is 1. The Morgan fingerprint density at radius 1 is 0.788 bits per heavy atom. The van der Waals surface area contributed by atoms with Crippen LogP contribution in [0.3, 0.4) is 0 Å². The Labute approximate surface area is 191 Å². The third-order valence-corrected chi connectivity index (χ3v) is 5.94. The minimum atomic E-state index is -4.50. The number of fused-ring (bicyclic) bond motifs is 1. The van der Waals surface area contributed by atoms with Crippen molar-refractivity contribution < 1.29 is 17.6 Å². The van der Waals surface area contributed by atoms with Crippen molar-refractivity contribution in [2.24, 2.45) is 0 Å². The highest BCUT2D eigenvalue weighted by atomic mass is 19.4. The number of hydrogen-bond donors (Lipinski definition) is 0. The minimum Gasteiger partial charge on any atom is -0.256 e. The Morgan fingerprint density at radius 2 is 1.55 bits per heavy atom. The molecular formula is C28H25F4N. The van der Waals surface area contributed by atoms with Crippen molar-refractivity contribution in [3.8, 4) is 22.4 Å². The number of aromatic nitrogens is 1. The standard InChI is InChI=1S/C28H25F4N/c1-2-3-4-5-7-19-10-12-20(13-11-19)24-18-21(14-15-25(24)28(30,31)32)27-23-8-6-9-26(29)22(23)16-17-33-27/h6,8-18H,2-5,7H2,1H3. The maximum Gasteiger partial charge on any atom is 0.417 e. The summed E-state index contributed by atoms with van der Waals surface area (Å²) in [5.41, 5.74) is 1.96. The van der Waals surface area contributed by atoms with Crippen LogP contribution in [0.2, 0.25) is 0 Å². The summed E-state index contributed by atoms with van der Waals surface area (Å²) in [5.74, 6) is -0.391. The minimum absolute atomic E-state index is 0.0905. The molecule has 0 amide bonds. The van der Waals surface area contributed by atoms with Crippen LogP contribution in [-0.4, -0.2) is 4.98 Å². The van der Waals surface area contributed by atoms with E-state index in [1.165, 1.54) is 30.8 Å². The van der Waals surface area contributed by atoms with Crippen molar-refractivity contribution >= 4 is 10.8 Å². The summed E-state index contributed by atoms with van der Waals surface area (Å²) >= 11 is 0. The van der Waals surface area contributed by atoms with Crippen molar-refractivity contribution in [1.29, 1.82) is 0 Å². The van der Waals surface area contributed by atoms with Crippen LogP contribution in [0.4, 0.5) is 17.6 Å². The van der Waals surface area contributed by atoms with E-state index in [0.29, 0.717) is 27.6 Å². The molecule has 1 nitrogen and oxygen atoms in total. The molecule has 0 spiro atoms. The largest absolute Gasteiger partial charge is 0.417 e. The highest BCUT2D eigenvalue weighted by Gasteiger charge is 2.34. The predicted octanol–water partition coefficient (Wildman–Crippen LogP) is 8.85. The predicted molar refractivity (Wildman–Crippen MR) is 125 cm³/mol. The maximum absolute atomic E-state index is 14.2. The van der Waals surface area contributed by atoms with Crippen molar-refractivity contribution in [1.82, 2.24) is 4.98 Å². The Bertz CT molecular complexity index is 1240. The number of aryl methyl sites for hydroxylation is 1. The van der Waals surface area contributed by atoms with Gasteiger partial charge < -0.3 is 0 Å². The van der Waals surface area contributed by atoms with Gasteiger partial charge >= 0.3 is 6.18 Å². The lowest BCUT2D eigenvalue weighted by Gasteiger charge is -2.16. The molecule has 0 radical (unpaired) electrons. The lowest BCUT2D eigenvalue weighted by atomic mass is 9.93. The molecule has 0 unspecified atom stereocenters. The zero-order chi connectivity index (χ0) is 23.4. The Hall–Kier alpha value is -3.21. The van der Waals surface area contributed by atoms with Gasteiger partial charge in [-0.1, -0.05) is 68.7 Å². The van der Waals surface area contributed by atoms with Crippen LogP contribution in [0.5, 0.6) is 0 Å². The zero-order valence-corrected chi connectivity index (χ0v) is 18.4. The Kier molecular flexibility index (Phi) is 6.77. The van der Waals surface area contributed by atoms with Gasteiger partial charge in [-0.3, -0.25) is 4.98 Å². The van der Waals surface area contributed by atoms with Gasteiger partial charge in [0.2, 0.25) is 0 Å². The summed E-state index contributed by atoms with van der Waals surface area (Å²) in [7, 11) is 0. The third-order valence-electron chi connectivity index (χ3n) is 5.94. The lowest BCUT2D eigenvalue weighted by molar-refractivity contribution is -0.137. The molecule has 0 bridgehead atoms. The van der Waals surface area contributed by atoms with Crippen molar-refractivity contribution in [2.75, 3.05) is 0 Å². The molecule has 0 aliphatic rings. The van der Waals surface area contributed by atoms with Crippen LogP contribution in [0, 0.1) is 5.82 Å². The number of hydrogen-bond acceptors (Lipinski definition) is 1. The molecule has 0 fully saturated rings. The third kappa shape index (κ3) is 5.08. The van der Waals surface area contributed by atoms with Crippen LogP contribution < -0.4 is 0 Å². The first-order valence-corrected chi connectivity index (χ1v) is 11.2. The molecular weight excluding hydrogens is 426 g/mol. The number of unbranched alkanes of at least 4 members (excludes halogenated alkanes) is 3. The molecule has 1 heterocycles. The fourth-order valence-corrected chi connectivity index (χ4v) is 4.18. The molecule has 3 aromatic carbocycles. The summed E-state index contributed by atoms with van der Waals surface area (Å²) in [5, 5.41) is 0.946. The summed E-state index contributed by atoms with van der Waals surface area (Å²) in [6.07, 6.45) is 2.46. The van der Waals surface area contributed by atoms with Gasteiger partial charge in [-0.15, -0.1) is 0 Å². The molecule has 33 heavy (non-hydrogen) atoms. The number of rotatable bonds is 7. The van der Waals surface area contributed by atoms with E-state index in [1.807, 2.05) is 12.1 Å². The van der Waals surface area contributed by atoms with Gasteiger partial charge in [0.05, 0.1) is 11.3 Å². The average Bonchev–Trinajstić information content (AvgIpc) is 2.81. The van der Waals surface area contributed by atoms with Gasteiger partial charge in [0, 0.05) is 22.5 Å². The first kappa shape index (κ1) is 23.0. The molecule has 0 saturated carbocycles. The maximum atomic E-state index is 14.2. The molecule has 0 saturated heterocycles. The van der Waals surface area contributed by atoms with E-state index in [2.05, 4.69) is 11.9 Å². The topological polar surface area (TPSA) is 12.9 Å². The van der Waals surface area contributed by atoms with Gasteiger partial charge in [-0.2, -0.15) is 13.2 Å². The van der Waals surface area contributed by atoms with Crippen molar-refractivity contribution in [3.63, 3.8) is 0 Å². The van der Waals surface area contributed by atoms with Crippen molar-refractivity contribution in [3.05, 3.63) is 89.9 Å². The summed E-state index contributed by atoms with van der Waals surface area (Å²) < 4.78 is 55.7. The number of nitrogens with zero attached hydrogens (tertiary/aromatic N) is 1. The van der Waals surface area contributed by atoms with Crippen LogP contribution >= 0.6 is 0 Å². The number of benzene rings is 3. The molecule has 0 aliphatic carbocycles. The van der Waals surface area contributed by atoms with E-state index in [1.54, 1.807) is 30.3 Å². The normalized spacial score (nSPS) is 11.8. The van der Waals surface area contributed by atoms with E-state index < -0.39 is 17.6 Å². The fraction of sp³-hybridized carbons (Fsp3) is 0.250. The molecule has 0 aliphatic heterocycles. The summed E-state index contributed by atoms with van der Waals surface area (Å²) in [6, 6.07) is 17.5. The van der Waals surface area contributed by atoms with E-state index in [0.717, 1.165) is 37.3 Å². The monoisotopic (exact) mass is 451 g/mol. The Morgan fingerprint density at radius 3 is 2.27 bits per heavy atom. The zero-order valence-electron chi connectivity index (χ0n) is 18.4. The molecule has 0 N–H and O–H groups in total. The number of halogens is 4. The van der Waals surface area contributed by atoms with Crippen molar-refractivity contribution in [2.45, 2.75) is 45.2 Å². The van der Waals surface area contributed by atoms with Gasteiger partial charge in [-0.25, -0.2) is 4.39 Å². The van der Waals surface area contributed by atoms with E-state index in [-0.39, 0.29) is 5.56 Å². The molecule has 0 atom stereocenters. The Balaban J connectivity index is 1.75. The van der Waals surface area contributed by atoms with Crippen LogP contribution in [-0.2, 0) is 12.6 Å². The highest BCUT2D eigenvalue weighted by molar-refractivity contribution is 5.95. The lowest BCUT2D eigenvalue weighted by Crippen LogP contribution is -2.07. The molecule has 5 heteroatoms. The fourth-order valence-electron chi connectivity index (χ4n) is 4.18.